The van der Waals surface area contributed by atoms with Crippen LogP contribution in [0.3, 0.4) is 0 Å². The number of hydrogen-bond donors (Lipinski definition) is 0. The van der Waals surface area contributed by atoms with Crippen LogP contribution in [0, 0.1) is 0 Å². The second-order valence-electron chi connectivity index (χ2n) is 2.84. The van der Waals surface area contributed by atoms with E-state index in [1.165, 1.54) is 0 Å². The van der Waals surface area contributed by atoms with Gasteiger partial charge < -0.3 is 0 Å². The predicted octanol–water partition coefficient (Wildman–Crippen LogP) is 4.06. The molecule has 1 aromatic carbocycles. The summed E-state index contributed by atoms with van der Waals surface area (Å²) in [4.78, 5) is 3.93. The molecule has 0 aliphatic carbocycles. The Kier molecular flexibility index (Phi) is 2.71. The number of halogens is 2. The summed E-state index contributed by atoms with van der Waals surface area (Å²) < 4.78 is 0. The zero-order valence-corrected chi connectivity index (χ0v) is 8.76. The van der Waals surface area contributed by atoms with Crippen LogP contribution in [0.5, 0.6) is 0 Å². The Morgan fingerprint density at radius 1 is 0.857 bits per heavy atom. The topological polar surface area (TPSA) is 12.9 Å². The van der Waals surface area contributed by atoms with E-state index in [1.807, 2.05) is 30.3 Å². The van der Waals surface area contributed by atoms with Crippen LogP contribution in [-0.2, 0) is 0 Å². The molecule has 0 saturated carbocycles. The van der Waals surface area contributed by atoms with E-state index in [2.05, 4.69) is 4.98 Å². The van der Waals surface area contributed by atoms with Gasteiger partial charge in [-0.1, -0.05) is 41.4 Å². The minimum atomic E-state index is 0.612. The standard InChI is InChI=1S/C11H7Cl2N/c12-10-4-2-1-3-8(10)9-5-6-14-7-11(9)13/h1-7H. The van der Waals surface area contributed by atoms with Gasteiger partial charge in [0.1, 0.15) is 0 Å². The number of nitrogens with zero attached hydrogens (tertiary/aromatic N) is 1. The fraction of sp³-hybridized carbons (Fsp3) is 0. The van der Waals surface area contributed by atoms with Crippen LogP contribution >= 0.6 is 23.2 Å². The van der Waals surface area contributed by atoms with Gasteiger partial charge in [0.2, 0.25) is 0 Å². The van der Waals surface area contributed by atoms with Gasteiger partial charge in [-0.3, -0.25) is 4.98 Å². The number of aromatic nitrogens is 1. The summed E-state index contributed by atoms with van der Waals surface area (Å²) in [5.74, 6) is 0. The summed E-state index contributed by atoms with van der Waals surface area (Å²) in [7, 11) is 0. The number of rotatable bonds is 1. The minimum absolute atomic E-state index is 0.612. The summed E-state index contributed by atoms with van der Waals surface area (Å²) >= 11 is 12.1. The van der Waals surface area contributed by atoms with E-state index >= 15 is 0 Å². The molecule has 1 aromatic heterocycles. The molecule has 0 saturated heterocycles. The summed E-state index contributed by atoms with van der Waals surface area (Å²) in [6.07, 6.45) is 3.31. The highest BCUT2D eigenvalue weighted by molar-refractivity contribution is 6.36. The first-order valence-corrected chi connectivity index (χ1v) is 4.89. The highest BCUT2D eigenvalue weighted by atomic mass is 35.5. The first-order chi connectivity index (χ1) is 6.79. The lowest BCUT2D eigenvalue weighted by atomic mass is 10.1. The van der Waals surface area contributed by atoms with Gasteiger partial charge in [0.25, 0.3) is 0 Å². The molecule has 2 rings (SSSR count). The summed E-state index contributed by atoms with van der Waals surface area (Å²) in [5, 5.41) is 1.31. The zero-order valence-electron chi connectivity index (χ0n) is 7.24. The van der Waals surface area contributed by atoms with Crippen LogP contribution in [0.2, 0.25) is 10.0 Å². The van der Waals surface area contributed by atoms with Crippen molar-refractivity contribution in [3.8, 4) is 11.1 Å². The number of benzene rings is 1. The largest absolute Gasteiger partial charge is 0.263 e. The van der Waals surface area contributed by atoms with Crippen molar-refractivity contribution >= 4 is 23.2 Å². The minimum Gasteiger partial charge on any atom is -0.263 e. The number of hydrogen-bond acceptors (Lipinski definition) is 1. The Bertz CT molecular complexity index is 411. The Labute approximate surface area is 92.3 Å². The molecule has 3 heteroatoms. The maximum Gasteiger partial charge on any atom is 0.0668 e. The van der Waals surface area contributed by atoms with E-state index in [4.69, 9.17) is 23.2 Å². The Morgan fingerprint density at radius 3 is 2.29 bits per heavy atom. The van der Waals surface area contributed by atoms with Crippen LogP contribution in [-0.4, -0.2) is 4.98 Å². The first kappa shape index (κ1) is 9.50. The van der Waals surface area contributed by atoms with Crippen LogP contribution < -0.4 is 0 Å². The van der Waals surface area contributed by atoms with Crippen molar-refractivity contribution in [2.75, 3.05) is 0 Å². The SMILES string of the molecule is Clc1ccccc1-c1ccncc1Cl. The van der Waals surface area contributed by atoms with Gasteiger partial charge in [-0.25, -0.2) is 0 Å². The van der Waals surface area contributed by atoms with Crippen molar-refractivity contribution in [2.24, 2.45) is 0 Å². The van der Waals surface area contributed by atoms with Gasteiger partial charge in [-0.05, 0) is 12.1 Å². The highest BCUT2D eigenvalue weighted by Gasteiger charge is 2.05. The molecular weight excluding hydrogens is 217 g/mol. The van der Waals surface area contributed by atoms with E-state index in [0.717, 1.165) is 11.1 Å². The van der Waals surface area contributed by atoms with Gasteiger partial charge >= 0.3 is 0 Å². The van der Waals surface area contributed by atoms with Crippen molar-refractivity contribution in [1.29, 1.82) is 0 Å². The average Bonchev–Trinajstić information content (AvgIpc) is 2.20. The number of pyridine rings is 1. The molecule has 1 heterocycles. The van der Waals surface area contributed by atoms with E-state index in [0.29, 0.717) is 10.0 Å². The van der Waals surface area contributed by atoms with Crippen LogP contribution in [0.4, 0.5) is 0 Å². The molecule has 0 aliphatic heterocycles. The van der Waals surface area contributed by atoms with Crippen LogP contribution in [0.1, 0.15) is 0 Å². The van der Waals surface area contributed by atoms with Crippen LogP contribution in [0.25, 0.3) is 11.1 Å². The van der Waals surface area contributed by atoms with E-state index in [-0.39, 0.29) is 0 Å². The average molecular weight is 224 g/mol. The van der Waals surface area contributed by atoms with Crippen molar-refractivity contribution < 1.29 is 0 Å². The molecule has 14 heavy (non-hydrogen) atoms. The lowest BCUT2D eigenvalue weighted by Gasteiger charge is -2.05. The fourth-order valence-corrected chi connectivity index (χ4v) is 1.73. The predicted molar refractivity (Wildman–Crippen MR) is 59.7 cm³/mol. The van der Waals surface area contributed by atoms with Crippen molar-refractivity contribution in [1.82, 2.24) is 4.98 Å². The third-order valence-corrected chi connectivity index (χ3v) is 2.57. The van der Waals surface area contributed by atoms with E-state index < -0.39 is 0 Å². The molecule has 2 aromatic rings. The lowest BCUT2D eigenvalue weighted by molar-refractivity contribution is 1.33. The Morgan fingerprint density at radius 2 is 1.57 bits per heavy atom. The summed E-state index contributed by atoms with van der Waals surface area (Å²) in [5.41, 5.74) is 1.84. The quantitative estimate of drug-likeness (QED) is 0.711. The lowest BCUT2D eigenvalue weighted by Crippen LogP contribution is -1.81. The monoisotopic (exact) mass is 223 g/mol. The van der Waals surface area contributed by atoms with Crippen molar-refractivity contribution in [3.05, 3.63) is 52.8 Å². The summed E-state index contributed by atoms with van der Waals surface area (Å²) in [6.45, 7) is 0. The van der Waals surface area contributed by atoms with Gasteiger partial charge in [-0.15, -0.1) is 0 Å². The molecule has 0 fully saturated rings. The molecule has 0 radical (unpaired) electrons. The van der Waals surface area contributed by atoms with Gasteiger partial charge in [0, 0.05) is 28.5 Å². The molecule has 0 bridgehead atoms. The van der Waals surface area contributed by atoms with Crippen molar-refractivity contribution in [2.45, 2.75) is 0 Å². The van der Waals surface area contributed by atoms with E-state index in [1.54, 1.807) is 12.4 Å². The molecule has 0 amide bonds. The molecule has 70 valence electrons. The van der Waals surface area contributed by atoms with Crippen LogP contribution in [0.15, 0.2) is 42.7 Å². The normalized spacial score (nSPS) is 10.1. The van der Waals surface area contributed by atoms with Crippen molar-refractivity contribution in [3.63, 3.8) is 0 Å². The molecule has 0 spiro atoms. The molecule has 0 unspecified atom stereocenters. The smallest absolute Gasteiger partial charge is 0.0668 e. The third kappa shape index (κ3) is 1.74. The molecule has 0 N–H and O–H groups in total. The zero-order chi connectivity index (χ0) is 9.97. The summed E-state index contributed by atoms with van der Waals surface area (Å²) in [6, 6.07) is 9.44. The fourth-order valence-electron chi connectivity index (χ4n) is 1.27. The maximum atomic E-state index is 6.05. The molecule has 0 atom stereocenters. The second kappa shape index (κ2) is 3.99. The Hall–Kier alpha value is -1.05. The molecule has 0 aliphatic rings. The maximum absolute atomic E-state index is 6.05. The Balaban J connectivity index is 2.61. The second-order valence-corrected chi connectivity index (χ2v) is 3.65. The van der Waals surface area contributed by atoms with Gasteiger partial charge in [-0.2, -0.15) is 0 Å². The first-order valence-electron chi connectivity index (χ1n) is 4.13. The van der Waals surface area contributed by atoms with E-state index in [9.17, 15) is 0 Å². The highest BCUT2D eigenvalue weighted by Crippen LogP contribution is 2.31. The molecule has 1 nitrogen and oxygen atoms in total. The van der Waals surface area contributed by atoms with Gasteiger partial charge in [0.05, 0.1) is 5.02 Å². The third-order valence-electron chi connectivity index (χ3n) is 1.94. The van der Waals surface area contributed by atoms with Gasteiger partial charge in [0.15, 0.2) is 0 Å². The molecular formula is C11H7Cl2N.